The molecule has 0 aliphatic rings. The van der Waals surface area contributed by atoms with Crippen molar-refractivity contribution in [2.45, 2.75) is 77.4 Å². The number of carbonyl (C=O) groups is 3. The summed E-state index contributed by atoms with van der Waals surface area (Å²) < 4.78 is 5.45. The van der Waals surface area contributed by atoms with Crippen LogP contribution in [0, 0.1) is 12.8 Å². The van der Waals surface area contributed by atoms with Crippen molar-refractivity contribution in [2.75, 3.05) is 7.05 Å². The number of aromatic nitrogens is 2. The third-order valence-corrected chi connectivity index (χ3v) is 8.28. The number of ether oxygens (including phenoxy) is 1. The third kappa shape index (κ3) is 12.3. The molecular formula is C39H48N6O5. The van der Waals surface area contributed by atoms with E-state index in [9.17, 15) is 19.5 Å². The summed E-state index contributed by atoms with van der Waals surface area (Å²) >= 11 is 0. The minimum atomic E-state index is -1.06. The smallest absolute Gasteiger partial charge is 0.407 e. The van der Waals surface area contributed by atoms with Gasteiger partial charge in [0, 0.05) is 36.7 Å². The maximum Gasteiger partial charge on any atom is 0.407 e. The molecule has 4 aromatic rings. The molecule has 4 amide bonds. The van der Waals surface area contributed by atoms with Crippen molar-refractivity contribution >= 4 is 18.0 Å². The topological polar surface area (TPSA) is 146 Å². The molecule has 0 saturated carbocycles. The molecule has 2 aromatic heterocycles. The van der Waals surface area contributed by atoms with E-state index < -0.39 is 36.4 Å². The average Bonchev–Trinajstić information content (AvgIpc) is 3.10. The Labute approximate surface area is 294 Å². The van der Waals surface area contributed by atoms with Crippen molar-refractivity contribution in [2.24, 2.45) is 5.92 Å². The van der Waals surface area contributed by atoms with E-state index in [1.54, 1.807) is 31.6 Å². The highest BCUT2D eigenvalue weighted by molar-refractivity contribution is 5.87. The highest BCUT2D eigenvalue weighted by atomic mass is 16.5. The van der Waals surface area contributed by atoms with Gasteiger partial charge in [-0.15, -0.1) is 0 Å². The Hall–Kier alpha value is -5.29. The van der Waals surface area contributed by atoms with Gasteiger partial charge in [-0.2, -0.15) is 0 Å². The maximum atomic E-state index is 13.9. The minimum Gasteiger partial charge on any atom is -0.445 e. The largest absolute Gasteiger partial charge is 0.445 e. The van der Waals surface area contributed by atoms with Gasteiger partial charge in [0.2, 0.25) is 5.91 Å². The summed E-state index contributed by atoms with van der Waals surface area (Å²) in [4.78, 5) is 50.0. The third-order valence-electron chi connectivity index (χ3n) is 8.28. The van der Waals surface area contributed by atoms with E-state index in [-0.39, 0.29) is 31.4 Å². The number of aliphatic hydroxyl groups excluding tert-OH is 1. The Kier molecular flexibility index (Phi) is 14.3. The molecule has 4 rings (SSSR count). The van der Waals surface area contributed by atoms with Crippen molar-refractivity contribution < 1.29 is 24.2 Å². The molecule has 2 heterocycles. The number of hydrogen-bond donors (Lipinski definition) is 4. The first-order valence-corrected chi connectivity index (χ1v) is 16.9. The number of amides is 4. The molecule has 4 N–H and O–H groups in total. The van der Waals surface area contributed by atoms with Crippen LogP contribution in [0.1, 0.15) is 48.3 Å². The first-order chi connectivity index (χ1) is 24.1. The molecule has 0 bridgehead atoms. The molecular weight excluding hydrogens is 632 g/mol. The Bertz CT molecular complexity index is 1640. The number of nitrogens with zero attached hydrogens (tertiary/aromatic N) is 3. The van der Waals surface area contributed by atoms with Crippen LogP contribution in [0.4, 0.5) is 9.59 Å². The van der Waals surface area contributed by atoms with Crippen molar-refractivity contribution in [3.05, 3.63) is 131 Å². The fourth-order valence-corrected chi connectivity index (χ4v) is 5.60. The van der Waals surface area contributed by atoms with Gasteiger partial charge in [-0.3, -0.25) is 14.8 Å². The molecule has 11 nitrogen and oxygen atoms in total. The van der Waals surface area contributed by atoms with E-state index >= 15 is 0 Å². The van der Waals surface area contributed by atoms with Crippen molar-refractivity contribution in [3.8, 4) is 0 Å². The summed E-state index contributed by atoms with van der Waals surface area (Å²) in [6.45, 7) is 5.93. The molecule has 0 fully saturated rings. The highest BCUT2D eigenvalue weighted by Gasteiger charge is 2.31. The lowest BCUT2D eigenvalue weighted by atomic mass is 9.93. The number of aryl methyl sites for hydroxylation is 1. The molecule has 0 saturated heterocycles. The number of nitrogens with one attached hydrogen (secondary N) is 3. The Balaban J connectivity index is 1.47. The second-order valence-electron chi connectivity index (χ2n) is 12.9. The number of benzene rings is 2. The molecule has 0 aliphatic carbocycles. The lowest BCUT2D eigenvalue weighted by Gasteiger charge is -2.30. The summed E-state index contributed by atoms with van der Waals surface area (Å²) in [5.74, 6) is -0.596. The van der Waals surface area contributed by atoms with E-state index in [2.05, 4.69) is 25.9 Å². The molecule has 2 aromatic carbocycles. The van der Waals surface area contributed by atoms with Gasteiger partial charge in [0.15, 0.2) is 0 Å². The van der Waals surface area contributed by atoms with Crippen LogP contribution < -0.4 is 16.0 Å². The van der Waals surface area contributed by atoms with Gasteiger partial charge >= 0.3 is 12.1 Å². The van der Waals surface area contributed by atoms with Gasteiger partial charge in [-0.05, 0) is 61.4 Å². The number of carbonyl (C=O) groups excluding carboxylic acids is 3. The van der Waals surface area contributed by atoms with Crippen molar-refractivity contribution in [1.82, 2.24) is 30.8 Å². The molecule has 0 spiro atoms. The second kappa shape index (κ2) is 19.0. The summed E-state index contributed by atoms with van der Waals surface area (Å²) in [5.41, 5.74) is 4.21. The Morgan fingerprint density at radius 1 is 0.820 bits per heavy atom. The van der Waals surface area contributed by atoms with Crippen LogP contribution in [0.25, 0.3) is 0 Å². The summed E-state index contributed by atoms with van der Waals surface area (Å²) in [7, 11) is 1.66. The minimum absolute atomic E-state index is 0.0273. The average molecular weight is 681 g/mol. The lowest BCUT2D eigenvalue weighted by molar-refractivity contribution is -0.124. The highest BCUT2D eigenvalue weighted by Crippen LogP contribution is 2.16. The number of aliphatic hydroxyl groups is 1. The van der Waals surface area contributed by atoms with Crippen LogP contribution in [0.3, 0.4) is 0 Å². The molecule has 11 heteroatoms. The zero-order valence-electron chi connectivity index (χ0n) is 29.2. The quantitative estimate of drug-likeness (QED) is 0.131. The van der Waals surface area contributed by atoms with Crippen LogP contribution in [0.2, 0.25) is 0 Å². The normalized spacial score (nSPS) is 13.4. The van der Waals surface area contributed by atoms with Crippen molar-refractivity contribution in [3.63, 3.8) is 0 Å². The van der Waals surface area contributed by atoms with Crippen LogP contribution >= 0.6 is 0 Å². The summed E-state index contributed by atoms with van der Waals surface area (Å²) in [6, 6.07) is 25.9. The number of pyridine rings is 2. The molecule has 4 atom stereocenters. The molecule has 264 valence electrons. The zero-order chi connectivity index (χ0) is 35.9. The van der Waals surface area contributed by atoms with Crippen LogP contribution in [0.5, 0.6) is 0 Å². The zero-order valence-corrected chi connectivity index (χ0v) is 29.2. The van der Waals surface area contributed by atoms with Gasteiger partial charge < -0.3 is 30.7 Å². The van der Waals surface area contributed by atoms with E-state index in [4.69, 9.17) is 4.74 Å². The van der Waals surface area contributed by atoms with E-state index in [1.807, 2.05) is 99.6 Å². The predicted octanol–water partition coefficient (Wildman–Crippen LogP) is 4.97. The van der Waals surface area contributed by atoms with E-state index in [0.29, 0.717) is 12.8 Å². The first-order valence-electron chi connectivity index (χ1n) is 16.9. The lowest BCUT2D eigenvalue weighted by Crippen LogP contribution is -2.55. The van der Waals surface area contributed by atoms with E-state index in [1.165, 1.54) is 4.90 Å². The molecule has 50 heavy (non-hydrogen) atoms. The van der Waals surface area contributed by atoms with Gasteiger partial charge in [-0.25, -0.2) is 9.59 Å². The van der Waals surface area contributed by atoms with Gasteiger partial charge in [0.05, 0.1) is 24.4 Å². The Morgan fingerprint density at radius 2 is 1.48 bits per heavy atom. The van der Waals surface area contributed by atoms with Crippen LogP contribution in [0.15, 0.2) is 103 Å². The monoisotopic (exact) mass is 680 g/mol. The molecule has 0 unspecified atom stereocenters. The van der Waals surface area contributed by atoms with Crippen LogP contribution in [-0.2, 0) is 35.5 Å². The Morgan fingerprint density at radius 3 is 2.10 bits per heavy atom. The van der Waals surface area contributed by atoms with Crippen LogP contribution in [-0.4, -0.2) is 69.3 Å². The number of urea groups is 1. The second-order valence-corrected chi connectivity index (χ2v) is 12.9. The predicted molar refractivity (Wildman–Crippen MR) is 192 cm³/mol. The summed E-state index contributed by atoms with van der Waals surface area (Å²) in [6.07, 6.45) is 2.40. The molecule has 0 aliphatic heterocycles. The first kappa shape index (κ1) is 37.5. The van der Waals surface area contributed by atoms with Crippen molar-refractivity contribution in [1.29, 1.82) is 0 Å². The number of rotatable bonds is 16. The maximum absolute atomic E-state index is 13.9. The summed E-state index contributed by atoms with van der Waals surface area (Å²) in [5, 5.41) is 20.5. The van der Waals surface area contributed by atoms with E-state index in [0.717, 1.165) is 28.1 Å². The number of alkyl carbamates (subject to hydrolysis) is 1. The number of hydrogen-bond acceptors (Lipinski definition) is 7. The molecule has 0 radical (unpaired) electrons. The standard InChI is InChI=1S/C39H48N6O5/c1-27(2)36(44-38(48)45(4)25-32-19-11-13-28(3)41-32)37(47)42-33(21-29-14-7-5-8-15-29)23-35(46)34(22-30-16-9-6-10-17-30)43-39(49)50-26-31-18-12-20-40-24-31/h5-20,24,27,33-36,46H,21-23,25-26H2,1-4H3,(H,42,47)(H,43,49)(H,44,48)/t33-,34-,35-,36-/m0/s1. The van der Waals surface area contributed by atoms with Gasteiger partial charge in [-0.1, -0.05) is 86.6 Å². The van der Waals surface area contributed by atoms with Gasteiger partial charge in [0.1, 0.15) is 12.6 Å². The fraction of sp³-hybridized carbons (Fsp3) is 0.359. The SMILES string of the molecule is Cc1cccc(CN(C)C(=O)N[C@H](C(=O)N[C@@H](Cc2ccccc2)C[C@H](O)[C@H](Cc2ccccc2)NC(=O)OCc2cccnc2)C(C)C)n1. The fourth-order valence-electron chi connectivity index (χ4n) is 5.60. The van der Waals surface area contributed by atoms with Gasteiger partial charge in [0.25, 0.3) is 0 Å².